The Balaban J connectivity index is 2.89. The molecule has 1 aromatic rings. The second-order valence-electron chi connectivity index (χ2n) is 2.76. The van der Waals surface area contributed by atoms with E-state index in [0.717, 1.165) is 0 Å². The Morgan fingerprint density at radius 3 is 2.86 bits per heavy atom. The zero-order chi connectivity index (χ0) is 10.6. The van der Waals surface area contributed by atoms with Gasteiger partial charge in [-0.1, -0.05) is 12.1 Å². The molecule has 78 valence electrons. The van der Waals surface area contributed by atoms with E-state index in [0.29, 0.717) is 25.3 Å². The van der Waals surface area contributed by atoms with Crippen LogP contribution < -0.4 is 0 Å². The first-order valence-electron chi connectivity index (χ1n) is 4.35. The van der Waals surface area contributed by atoms with Gasteiger partial charge in [-0.15, -0.1) is 5.10 Å². The lowest BCUT2D eigenvalue weighted by molar-refractivity contribution is 0.0689. The molecule has 0 amide bonds. The van der Waals surface area contributed by atoms with Crippen LogP contribution >= 0.6 is 0 Å². The predicted octanol–water partition coefficient (Wildman–Crippen LogP) is 0.185. The van der Waals surface area contributed by atoms with Gasteiger partial charge in [-0.3, -0.25) is 0 Å². The molecule has 0 spiro atoms. The quantitative estimate of drug-likeness (QED) is 0.732. The second kappa shape index (κ2) is 4.71. The van der Waals surface area contributed by atoms with Gasteiger partial charge in [0.05, 0.1) is 18.8 Å². The van der Waals surface area contributed by atoms with E-state index in [9.17, 15) is 4.79 Å². The molecule has 0 aliphatic carbocycles. The highest BCUT2D eigenvalue weighted by atomic mass is 16.5. The van der Waals surface area contributed by atoms with Crippen molar-refractivity contribution < 1.29 is 14.6 Å². The Morgan fingerprint density at radius 1 is 1.64 bits per heavy atom. The summed E-state index contributed by atoms with van der Waals surface area (Å²) in [5.74, 6) is -1.04. The van der Waals surface area contributed by atoms with Crippen LogP contribution in [-0.2, 0) is 17.7 Å². The van der Waals surface area contributed by atoms with Crippen molar-refractivity contribution in [3.63, 3.8) is 0 Å². The van der Waals surface area contributed by atoms with Crippen LogP contribution in [0.5, 0.6) is 0 Å². The number of carboxylic acid groups (broad SMARTS) is 1. The highest BCUT2D eigenvalue weighted by molar-refractivity contribution is 5.86. The number of hydrogen-bond donors (Lipinski definition) is 1. The predicted molar refractivity (Wildman–Crippen MR) is 48.2 cm³/mol. The molecule has 1 rings (SSSR count). The van der Waals surface area contributed by atoms with Crippen molar-refractivity contribution >= 4 is 5.97 Å². The molecule has 6 nitrogen and oxygen atoms in total. The SMILES string of the molecule is CCc1c(C(=O)O)nnn1CCOC. The molecule has 0 atom stereocenters. The summed E-state index contributed by atoms with van der Waals surface area (Å²) in [6.45, 7) is 2.89. The van der Waals surface area contributed by atoms with E-state index in [2.05, 4.69) is 10.3 Å². The first kappa shape index (κ1) is 10.6. The van der Waals surface area contributed by atoms with E-state index >= 15 is 0 Å². The third kappa shape index (κ3) is 2.08. The van der Waals surface area contributed by atoms with Crippen molar-refractivity contribution in [2.45, 2.75) is 19.9 Å². The van der Waals surface area contributed by atoms with Crippen molar-refractivity contribution in [3.05, 3.63) is 11.4 Å². The number of nitrogens with zero attached hydrogens (tertiary/aromatic N) is 3. The number of carboxylic acids is 1. The summed E-state index contributed by atoms with van der Waals surface area (Å²) in [5.41, 5.74) is 0.665. The average Bonchev–Trinajstić information content (AvgIpc) is 2.57. The molecule has 0 saturated heterocycles. The highest BCUT2D eigenvalue weighted by Crippen LogP contribution is 2.06. The van der Waals surface area contributed by atoms with Gasteiger partial charge < -0.3 is 9.84 Å². The molecule has 0 bridgehead atoms. The topological polar surface area (TPSA) is 77.2 Å². The first-order chi connectivity index (χ1) is 6.70. The summed E-state index contributed by atoms with van der Waals surface area (Å²) in [5, 5.41) is 16.1. The van der Waals surface area contributed by atoms with Gasteiger partial charge in [-0.05, 0) is 6.42 Å². The maximum atomic E-state index is 10.7. The molecule has 0 fully saturated rings. The van der Waals surface area contributed by atoms with E-state index in [1.54, 1.807) is 11.8 Å². The summed E-state index contributed by atoms with van der Waals surface area (Å²) in [6.07, 6.45) is 0.596. The van der Waals surface area contributed by atoms with E-state index in [1.807, 2.05) is 6.92 Å². The first-order valence-corrected chi connectivity index (χ1v) is 4.35. The molecule has 0 aromatic carbocycles. The molecule has 1 heterocycles. The van der Waals surface area contributed by atoms with Gasteiger partial charge in [0.1, 0.15) is 0 Å². The molecule has 1 aromatic heterocycles. The van der Waals surface area contributed by atoms with Crippen LogP contribution in [0, 0.1) is 0 Å². The van der Waals surface area contributed by atoms with E-state index in [4.69, 9.17) is 9.84 Å². The fourth-order valence-electron chi connectivity index (χ4n) is 1.21. The largest absolute Gasteiger partial charge is 0.476 e. The molecule has 6 heteroatoms. The fourth-order valence-corrected chi connectivity index (χ4v) is 1.21. The number of ether oxygens (including phenoxy) is 1. The monoisotopic (exact) mass is 199 g/mol. The van der Waals surface area contributed by atoms with Crippen molar-refractivity contribution in [1.29, 1.82) is 0 Å². The zero-order valence-electron chi connectivity index (χ0n) is 8.23. The van der Waals surface area contributed by atoms with Gasteiger partial charge in [-0.25, -0.2) is 9.48 Å². The normalized spacial score (nSPS) is 10.4. The number of hydrogen-bond acceptors (Lipinski definition) is 4. The Morgan fingerprint density at radius 2 is 2.36 bits per heavy atom. The smallest absolute Gasteiger partial charge is 0.358 e. The lowest BCUT2D eigenvalue weighted by atomic mass is 10.2. The number of aromatic nitrogens is 3. The maximum Gasteiger partial charge on any atom is 0.358 e. The molecular weight excluding hydrogens is 186 g/mol. The third-order valence-corrected chi connectivity index (χ3v) is 1.88. The molecule has 0 aliphatic rings. The number of methoxy groups -OCH3 is 1. The lowest BCUT2D eigenvalue weighted by Gasteiger charge is -2.03. The summed E-state index contributed by atoms with van der Waals surface area (Å²) >= 11 is 0. The Kier molecular flexibility index (Phi) is 3.58. The van der Waals surface area contributed by atoms with E-state index in [1.165, 1.54) is 0 Å². The summed E-state index contributed by atoms with van der Waals surface area (Å²) in [4.78, 5) is 10.7. The highest BCUT2D eigenvalue weighted by Gasteiger charge is 2.16. The molecule has 1 N–H and O–H groups in total. The standard InChI is InChI=1S/C8H13N3O3/c1-3-6-7(8(12)13)9-10-11(6)4-5-14-2/h3-5H2,1-2H3,(H,12,13). The van der Waals surface area contributed by atoms with Crippen LogP contribution in [0.3, 0.4) is 0 Å². The molecular formula is C8H13N3O3. The Labute approximate surface area is 81.5 Å². The minimum atomic E-state index is -1.04. The minimum Gasteiger partial charge on any atom is -0.476 e. The number of aromatic carboxylic acids is 1. The fraction of sp³-hybridized carbons (Fsp3) is 0.625. The third-order valence-electron chi connectivity index (χ3n) is 1.88. The summed E-state index contributed by atoms with van der Waals surface area (Å²) in [6, 6.07) is 0. The molecule has 0 aliphatic heterocycles. The van der Waals surface area contributed by atoms with Gasteiger partial charge >= 0.3 is 5.97 Å². The van der Waals surface area contributed by atoms with Crippen molar-refractivity contribution in [2.75, 3.05) is 13.7 Å². The van der Waals surface area contributed by atoms with Crippen molar-refractivity contribution in [2.24, 2.45) is 0 Å². The lowest BCUT2D eigenvalue weighted by Crippen LogP contribution is -2.10. The zero-order valence-corrected chi connectivity index (χ0v) is 8.23. The summed E-state index contributed by atoms with van der Waals surface area (Å²) < 4.78 is 6.44. The number of rotatable bonds is 5. The molecule has 0 radical (unpaired) electrons. The Bertz CT molecular complexity index is 322. The van der Waals surface area contributed by atoms with Gasteiger partial charge in [0.2, 0.25) is 0 Å². The second-order valence-corrected chi connectivity index (χ2v) is 2.76. The minimum absolute atomic E-state index is 0.0311. The molecule has 14 heavy (non-hydrogen) atoms. The average molecular weight is 199 g/mol. The van der Waals surface area contributed by atoms with E-state index in [-0.39, 0.29) is 5.69 Å². The molecule has 0 saturated carbocycles. The van der Waals surface area contributed by atoms with Crippen molar-refractivity contribution in [1.82, 2.24) is 15.0 Å². The number of carbonyl (C=O) groups is 1. The van der Waals surface area contributed by atoms with Gasteiger partial charge in [-0.2, -0.15) is 0 Å². The van der Waals surface area contributed by atoms with Gasteiger partial charge in [0, 0.05) is 7.11 Å². The van der Waals surface area contributed by atoms with E-state index < -0.39 is 5.97 Å². The molecule has 0 unspecified atom stereocenters. The van der Waals surface area contributed by atoms with Crippen LogP contribution in [0.4, 0.5) is 0 Å². The maximum absolute atomic E-state index is 10.7. The van der Waals surface area contributed by atoms with Crippen LogP contribution in [0.25, 0.3) is 0 Å². The van der Waals surface area contributed by atoms with Gasteiger partial charge in [0.15, 0.2) is 5.69 Å². The summed E-state index contributed by atoms with van der Waals surface area (Å²) in [7, 11) is 1.58. The van der Waals surface area contributed by atoms with Crippen molar-refractivity contribution in [3.8, 4) is 0 Å². The van der Waals surface area contributed by atoms with Crippen LogP contribution in [-0.4, -0.2) is 39.8 Å². The van der Waals surface area contributed by atoms with Gasteiger partial charge in [0.25, 0.3) is 0 Å². The van der Waals surface area contributed by atoms with Crippen LogP contribution in [0.1, 0.15) is 23.1 Å². The van der Waals surface area contributed by atoms with Crippen LogP contribution in [0.15, 0.2) is 0 Å². The van der Waals surface area contributed by atoms with Crippen LogP contribution in [0.2, 0.25) is 0 Å². The Hall–Kier alpha value is -1.43.